The van der Waals surface area contributed by atoms with Crippen LogP contribution in [0.3, 0.4) is 0 Å². The number of rotatable bonds is 7. The Morgan fingerprint density at radius 1 is 1.04 bits per heavy atom. The van der Waals surface area contributed by atoms with Crippen molar-refractivity contribution in [3.63, 3.8) is 0 Å². The Hall–Kier alpha value is -2.31. The molecule has 2 aromatic rings. The van der Waals surface area contributed by atoms with E-state index >= 15 is 0 Å². The Morgan fingerprint density at radius 2 is 1.82 bits per heavy atom. The van der Waals surface area contributed by atoms with Crippen molar-refractivity contribution in [1.29, 1.82) is 0 Å². The Kier molecular flexibility index (Phi) is 7.12. The molecule has 6 heteroatoms. The van der Waals surface area contributed by atoms with Crippen LogP contribution in [0.15, 0.2) is 42.5 Å². The van der Waals surface area contributed by atoms with Crippen LogP contribution in [0, 0.1) is 11.6 Å². The number of likely N-dealkylation sites (N-methyl/N-ethyl adjacent to an activating group) is 1. The SMILES string of the molecule is CN1CCN(CCCCC(=O)Nc2cccc(-c3ccc(F)cc3F)c2)CC1. The number of amides is 1. The van der Waals surface area contributed by atoms with Crippen molar-refractivity contribution in [1.82, 2.24) is 9.80 Å². The third kappa shape index (κ3) is 5.84. The third-order valence-corrected chi connectivity index (χ3v) is 5.11. The molecule has 1 aliphatic rings. The van der Waals surface area contributed by atoms with Crippen molar-refractivity contribution in [2.45, 2.75) is 19.3 Å². The molecule has 1 amide bonds. The quantitative estimate of drug-likeness (QED) is 0.730. The van der Waals surface area contributed by atoms with Gasteiger partial charge in [-0.1, -0.05) is 12.1 Å². The highest BCUT2D eigenvalue weighted by Gasteiger charge is 2.13. The molecule has 0 aromatic heterocycles. The molecule has 0 atom stereocenters. The second kappa shape index (κ2) is 9.75. The molecular formula is C22H27F2N3O. The minimum atomic E-state index is -0.618. The van der Waals surface area contributed by atoms with Crippen LogP contribution in [0.2, 0.25) is 0 Å². The number of carbonyl (C=O) groups excluding carboxylic acids is 1. The summed E-state index contributed by atoms with van der Waals surface area (Å²) >= 11 is 0. The minimum absolute atomic E-state index is 0.0462. The van der Waals surface area contributed by atoms with Crippen LogP contribution in [0.4, 0.5) is 14.5 Å². The van der Waals surface area contributed by atoms with Gasteiger partial charge in [-0.25, -0.2) is 8.78 Å². The summed E-state index contributed by atoms with van der Waals surface area (Å²) in [5, 5.41) is 2.87. The highest BCUT2D eigenvalue weighted by molar-refractivity contribution is 5.91. The maximum atomic E-state index is 14.0. The Labute approximate surface area is 165 Å². The van der Waals surface area contributed by atoms with Crippen LogP contribution in [0.25, 0.3) is 11.1 Å². The number of carbonyl (C=O) groups is 1. The van der Waals surface area contributed by atoms with Crippen molar-refractivity contribution in [3.05, 3.63) is 54.1 Å². The van der Waals surface area contributed by atoms with Crippen LogP contribution in [-0.2, 0) is 4.79 Å². The monoisotopic (exact) mass is 387 g/mol. The van der Waals surface area contributed by atoms with Crippen LogP contribution in [0.1, 0.15) is 19.3 Å². The summed E-state index contributed by atoms with van der Waals surface area (Å²) in [6.45, 7) is 5.42. The molecule has 0 radical (unpaired) electrons. The summed E-state index contributed by atoms with van der Waals surface area (Å²) < 4.78 is 27.1. The Morgan fingerprint density at radius 3 is 2.57 bits per heavy atom. The smallest absolute Gasteiger partial charge is 0.224 e. The van der Waals surface area contributed by atoms with Gasteiger partial charge in [-0.15, -0.1) is 0 Å². The molecule has 150 valence electrons. The topological polar surface area (TPSA) is 35.6 Å². The summed E-state index contributed by atoms with van der Waals surface area (Å²) in [7, 11) is 2.14. The van der Waals surface area contributed by atoms with Gasteiger partial charge in [-0.3, -0.25) is 4.79 Å². The third-order valence-electron chi connectivity index (χ3n) is 5.11. The van der Waals surface area contributed by atoms with E-state index in [-0.39, 0.29) is 5.91 Å². The number of benzene rings is 2. The number of nitrogens with one attached hydrogen (secondary N) is 1. The lowest BCUT2D eigenvalue weighted by atomic mass is 10.0. The zero-order chi connectivity index (χ0) is 19.9. The number of unbranched alkanes of at least 4 members (excludes halogenated alkanes) is 1. The first-order valence-corrected chi connectivity index (χ1v) is 9.77. The number of piperazine rings is 1. The van der Waals surface area contributed by atoms with Gasteiger partial charge in [-0.05, 0) is 56.3 Å². The highest BCUT2D eigenvalue weighted by Crippen LogP contribution is 2.26. The normalized spacial score (nSPS) is 15.5. The first-order chi connectivity index (χ1) is 13.5. The zero-order valence-corrected chi connectivity index (χ0v) is 16.3. The van der Waals surface area contributed by atoms with Gasteiger partial charge in [0.2, 0.25) is 5.91 Å². The number of hydrogen-bond acceptors (Lipinski definition) is 3. The summed E-state index contributed by atoms with van der Waals surface area (Å²) in [5.74, 6) is -1.27. The van der Waals surface area contributed by atoms with E-state index in [0.29, 0.717) is 23.2 Å². The summed E-state index contributed by atoms with van der Waals surface area (Å²) in [5.41, 5.74) is 1.53. The molecule has 1 heterocycles. The molecule has 1 saturated heterocycles. The van der Waals surface area contributed by atoms with Crippen molar-refractivity contribution < 1.29 is 13.6 Å². The van der Waals surface area contributed by atoms with Crippen LogP contribution in [-0.4, -0.2) is 55.5 Å². The summed E-state index contributed by atoms with van der Waals surface area (Å²) in [4.78, 5) is 17.0. The second-order valence-corrected chi connectivity index (χ2v) is 7.36. The van der Waals surface area contributed by atoms with E-state index in [2.05, 4.69) is 22.2 Å². The number of nitrogens with zero attached hydrogens (tertiary/aromatic N) is 2. The molecule has 3 rings (SSSR count). The van der Waals surface area contributed by atoms with Gasteiger partial charge in [0.05, 0.1) is 0 Å². The fourth-order valence-corrected chi connectivity index (χ4v) is 3.40. The van der Waals surface area contributed by atoms with E-state index in [1.54, 1.807) is 24.3 Å². The average Bonchev–Trinajstić information content (AvgIpc) is 2.67. The number of hydrogen-bond donors (Lipinski definition) is 1. The molecule has 0 aliphatic carbocycles. The van der Waals surface area contributed by atoms with Gasteiger partial charge in [-0.2, -0.15) is 0 Å². The molecule has 4 nitrogen and oxygen atoms in total. The minimum Gasteiger partial charge on any atom is -0.326 e. The fraction of sp³-hybridized carbons (Fsp3) is 0.409. The van der Waals surface area contributed by atoms with Gasteiger partial charge in [0.1, 0.15) is 11.6 Å². The molecule has 28 heavy (non-hydrogen) atoms. The lowest BCUT2D eigenvalue weighted by molar-refractivity contribution is -0.116. The van der Waals surface area contributed by atoms with Gasteiger partial charge in [0.25, 0.3) is 0 Å². The van der Waals surface area contributed by atoms with Crippen molar-refractivity contribution >= 4 is 11.6 Å². The molecule has 1 aliphatic heterocycles. The molecular weight excluding hydrogens is 360 g/mol. The van der Waals surface area contributed by atoms with Crippen LogP contribution < -0.4 is 5.32 Å². The first-order valence-electron chi connectivity index (χ1n) is 9.77. The standard InChI is InChI=1S/C22H27F2N3O/c1-26-11-13-27(14-12-26)10-3-2-7-22(28)25-19-6-4-5-17(15-19)20-9-8-18(23)16-21(20)24/h4-6,8-9,15-16H,2-3,7,10-14H2,1H3,(H,25,28). The molecule has 1 fully saturated rings. The highest BCUT2D eigenvalue weighted by atomic mass is 19.1. The first kappa shape index (κ1) is 20.4. The van der Waals surface area contributed by atoms with Crippen molar-refractivity contribution in [2.75, 3.05) is 45.1 Å². The average molecular weight is 387 g/mol. The molecule has 2 aromatic carbocycles. The van der Waals surface area contributed by atoms with Gasteiger partial charge < -0.3 is 15.1 Å². The number of anilines is 1. The van der Waals surface area contributed by atoms with E-state index in [1.807, 2.05) is 0 Å². The predicted octanol–water partition coefficient (Wildman–Crippen LogP) is 3.99. The van der Waals surface area contributed by atoms with Crippen molar-refractivity contribution in [3.8, 4) is 11.1 Å². The molecule has 0 spiro atoms. The molecule has 0 bridgehead atoms. The van der Waals surface area contributed by atoms with Crippen LogP contribution >= 0.6 is 0 Å². The van der Waals surface area contributed by atoms with Gasteiger partial charge >= 0.3 is 0 Å². The lowest BCUT2D eigenvalue weighted by Gasteiger charge is -2.32. The zero-order valence-electron chi connectivity index (χ0n) is 16.3. The lowest BCUT2D eigenvalue weighted by Crippen LogP contribution is -2.44. The molecule has 0 unspecified atom stereocenters. The van der Waals surface area contributed by atoms with E-state index in [0.717, 1.165) is 51.6 Å². The summed E-state index contributed by atoms with van der Waals surface area (Å²) in [6, 6.07) is 10.5. The second-order valence-electron chi connectivity index (χ2n) is 7.36. The largest absolute Gasteiger partial charge is 0.326 e. The molecule has 0 saturated carbocycles. The molecule has 1 N–H and O–H groups in total. The fourth-order valence-electron chi connectivity index (χ4n) is 3.40. The number of halogens is 2. The van der Waals surface area contributed by atoms with Gasteiger partial charge in [0, 0.05) is 49.9 Å². The van der Waals surface area contributed by atoms with E-state index in [9.17, 15) is 13.6 Å². The van der Waals surface area contributed by atoms with E-state index in [1.165, 1.54) is 12.1 Å². The van der Waals surface area contributed by atoms with E-state index < -0.39 is 11.6 Å². The van der Waals surface area contributed by atoms with Crippen LogP contribution in [0.5, 0.6) is 0 Å². The maximum absolute atomic E-state index is 14.0. The Balaban J connectivity index is 1.46. The predicted molar refractivity (Wildman–Crippen MR) is 108 cm³/mol. The summed E-state index contributed by atoms with van der Waals surface area (Å²) in [6.07, 6.45) is 2.30. The Bertz CT molecular complexity index is 804. The van der Waals surface area contributed by atoms with E-state index in [4.69, 9.17) is 0 Å². The van der Waals surface area contributed by atoms with Gasteiger partial charge in [0.15, 0.2) is 0 Å². The van der Waals surface area contributed by atoms with Crippen molar-refractivity contribution in [2.24, 2.45) is 0 Å². The maximum Gasteiger partial charge on any atom is 0.224 e.